The lowest BCUT2D eigenvalue weighted by molar-refractivity contribution is 0.0170. The van der Waals surface area contributed by atoms with E-state index in [-0.39, 0.29) is 23.3 Å². The van der Waals surface area contributed by atoms with Crippen molar-refractivity contribution in [3.8, 4) is 0 Å². The first kappa shape index (κ1) is 28.5. The van der Waals surface area contributed by atoms with Gasteiger partial charge in [0.05, 0.1) is 11.1 Å². The Labute approximate surface area is 258 Å². The Morgan fingerprint density at radius 3 is 2.41 bits per heavy atom. The number of fused-ring (bicyclic) bond motifs is 4. The number of carbonyl (C=O) groups excluding carboxylic acids is 3. The molecule has 0 N–H and O–H groups in total. The van der Waals surface area contributed by atoms with Gasteiger partial charge in [-0.2, -0.15) is 0 Å². The average Bonchev–Trinajstić information content (AvgIpc) is 3.61. The van der Waals surface area contributed by atoms with E-state index in [0.717, 1.165) is 55.0 Å². The number of ether oxygens (including phenoxy) is 1. The number of nitrogens with zero attached hydrogens (tertiary/aromatic N) is 5. The topological polar surface area (TPSA) is 95.9 Å². The number of piperidine rings is 1. The van der Waals surface area contributed by atoms with Gasteiger partial charge >= 0.3 is 6.09 Å². The van der Waals surface area contributed by atoms with Crippen LogP contribution in [0.15, 0.2) is 48.8 Å². The largest absolute Gasteiger partial charge is 0.444 e. The Balaban J connectivity index is 1.19. The van der Waals surface area contributed by atoms with E-state index in [1.54, 1.807) is 30.6 Å². The molecule has 3 aromatic rings. The highest BCUT2D eigenvalue weighted by Gasteiger charge is 2.47. The first-order valence-electron chi connectivity index (χ1n) is 15.7. The highest BCUT2D eigenvalue weighted by molar-refractivity contribution is 6.21. The lowest BCUT2D eigenvalue weighted by atomic mass is 9.74. The summed E-state index contributed by atoms with van der Waals surface area (Å²) in [7, 11) is 0. The molecule has 7 rings (SSSR count). The molecule has 1 fully saturated rings. The van der Waals surface area contributed by atoms with Crippen LogP contribution in [0.4, 0.5) is 16.3 Å². The first-order valence-corrected chi connectivity index (χ1v) is 15.7. The number of hydrogen-bond donors (Lipinski definition) is 0. The number of carbonyl (C=O) groups is 3. The molecule has 3 amide bonds. The van der Waals surface area contributed by atoms with Crippen molar-refractivity contribution in [1.82, 2.24) is 19.8 Å². The zero-order valence-corrected chi connectivity index (χ0v) is 25.9. The van der Waals surface area contributed by atoms with Gasteiger partial charge in [0.25, 0.3) is 11.8 Å². The predicted molar refractivity (Wildman–Crippen MR) is 166 cm³/mol. The van der Waals surface area contributed by atoms with Crippen molar-refractivity contribution in [3.63, 3.8) is 0 Å². The normalized spacial score (nSPS) is 20.3. The number of benzene rings is 2. The van der Waals surface area contributed by atoms with E-state index in [4.69, 9.17) is 9.72 Å². The first-order chi connectivity index (χ1) is 21.0. The van der Waals surface area contributed by atoms with Crippen LogP contribution < -0.4 is 4.90 Å². The Hall–Kier alpha value is -4.27. The van der Waals surface area contributed by atoms with Crippen LogP contribution in [-0.2, 0) is 23.0 Å². The van der Waals surface area contributed by atoms with Crippen molar-refractivity contribution >= 4 is 29.4 Å². The van der Waals surface area contributed by atoms with Crippen LogP contribution in [0.3, 0.4) is 0 Å². The number of amides is 3. The Morgan fingerprint density at radius 1 is 1.02 bits per heavy atom. The minimum absolute atomic E-state index is 0.168. The fourth-order valence-corrected chi connectivity index (χ4v) is 7.45. The summed E-state index contributed by atoms with van der Waals surface area (Å²) in [4.78, 5) is 53.9. The predicted octanol–water partition coefficient (Wildman–Crippen LogP) is 5.79. The number of rotatable bonds is 4. The van der Waals surface area contributed by atoms with Gasteiger partial charge in [0, 0.05) is 48.5 Å². The van der Waals surface area contributed by atoms with Crippen molar-refractivity contribution in [2.24, 2.45) is 0 Å². The molecular weight excluding hydrogens is 554 g/mol. The Bertz CT molecular complexity index is 1630. The highest BCUT2D eigenvalue weighted by atomic mass is 16.6. The second-order valence-electron chi connectivity index (χ2n) is 13.7. The Morgan fingerprint density at radius 2 is 1.73 bits per heavy atom. The molecule has 9 heteroatoms. The summed E-state index contributed by atoms with van der Waals surface area (Å²) in [6.45, 7) is 10.3. The lowest BCUT2D eigenvalue weighted by Crippen LogP contribution is -2.48. The third-order valence-corrected chi connectivity index (χ3v) is 9.77. The maximum absolute atomic E-state index is 13.0. The molecule has 2 aromatic carbocycles. The molecule has 0 radical (unpaired) electrons. The van der Waals surface area contributed by atoms with Crippen LogP contribution in [0, 0.1) is 0 Å². The van der Waals surface area contributed by atoms with Crippen molar-refractivity contribution in [1.29, 1.82) is 0 Å². The van der Waals surface area contributed by atoms with Gasteiger partial charge < -0.3 is 14.5 Å². The van der Waals surface area contributed by atoms with Gasteiger partial charge in [-0.1, -0.05) is 31.2 Å². The van der Waals surface area contributed by atoms with Gasteiger partial charge in [-0.15, -0.1) is 0 Å². The van der Waals surface area contributed by atoms with E-state index < -0.39 is 5.60 Å². The number of imide groups is 1. The Kier molecular flexibility index (Phi) is 6.75. The third-order valence-electron chi connectivity index (χ3n) is 9.77. The summed E-state index contributed by atoms with van der Waals surface area (Å²) in [5.41, 5.74) is 6.10. The monoisotopic (exact) mass is 593 g/mol. The summed E-state index contributed by atoms with van der Waals surface area (Å²) >= 11 is 0. The summed E-state index contributed by atoms with van der Waals surface area (Å²) in [6.07, 6.45) is 5.66. The molecular formula is C35H39N5O4. The minimum atomic E-state index is -0.540. The molecule has 3 aliphatic heterocycles. The smallest absolute Gasteiger partial charge is 0.410 e. The number of likely N-dealkylation sites (tertiary alicyclic amines) is 1. The molecule has 1 unspecified atom stereocenters. The molecule has 1 atom stereocenters. The maximum Gasteiger partial charge on any atom is 0.410 e. The molecule has 0 saturated carbocycles. The standard InChI is InChI=1S/C35H39N5O4/c1-22-9-11-27-29(22)30(37-21-36-27)40-20-35(14-17-38(18-15-35)33(43)44-34(2,3)4)26-19-23(10-12-28(26)40)13-16-39-31(41)24-7-5-6-8-25(24)32(39)42/h5-8,10,12,19,21-22H,9,11,13-18,20H2,1-4H3. The van der Waals surface area contributed by atoms with Crippen molar-refractivity contribution in [2.75, 3.05) is 31.1 Å². The SMILES string of the molecule is CC1CCc2ncnc(N3CC4(CCN(C(=O)OC(C)(C)C)CC4)c4cc(CCN5C(=O)c6ccccc6C5=O)ccc43)c21. The molecule has 228 valence electrons. The zero-order chi connectivity index (χ0) is 30.8. The summed E-state index contributed by atoms with van der Waals surface area (Å²) in [6, 6.07) is 13.6. The molecule has 1 spiro atoms. The molecule has 1 aromatic heterocycles. The molecule has 9 nitrogen and oxygen atoms in total. The average molecular weight is 594 g/mol. The highest BCUT2D eigenvalue weighted by Crippen LogP contribution is 2.51. The van der Waals surface area contributed by atoms with Gasteiger partial charge in [-0.05, 0) is 88.1 Å². The van der Waals surface area contributed by atoms with Crippen LogP contribution in [0.1, 0.15) is 96.0 Å². The number of aromatic nitrogens is 2. The van der Waals surface area contributed by atoms with E-state index in [0.29, 0.717) is 43.1 Å². The van der Waals surface area contributed by atoms with Gasteiger partial charge in [-0.25, -0.2) is 14.8 Å². The summed E-state index contributed by atoms with van der Waals surface area (Å²) in [5.74, 6) is 0.937. The van der Waals surface area contributed by atoms with E-state index in [9.17, 15) is 14.4 Å². The fraction of sp³-hybridized carbons (Fsp3) is 0.457. The van der Waals surface area contributed by atoms with Gasteiger partial charge in [0.2, 0.25) is 0 Å². The van der Waals surface area contributed by atoms with E-state index in [1.807, 2.05) is 25.7 Å². The van der Waals surface area contributed by atoms with Gasteiger partial charge in [0.15, 0.2) is 0 Å². The van der Waals surface area contributed by atoms with Crippen molar-refractivity contribution in [3.05, 3.63) is 82.3 Å². The quantitative estimate of drug-likeness (QED) is 0.354. The van der Waals surface area contributed by atoms with Crippen LogP contribution in [0.25, 0.3) is 0 Å². The van der Waals surface area contributed by atoms with Crippen LogP contribution >= 0.6 is 0 Å². The van der Waals surface area contributed by atoms with Crippen LogP contribution in [0.2, 0.25) is 0 Å². The summed E-state index contributed by atoms with van der Waals surface area (Å²) in [5, 5.41) is 0. The van der Waals surface area contributed by atoms with Crippen LogP contribution in [0.5, 0.6) is 0 Å². The number of aryl methyl sites for hydroxylation is 1. The summed E-state index contributed by atoms with van der Waals surface area (Å²) < 4.78 is 5.69. The van der Waals surface area contributed by atoms with Gasteiger partial charge in [0.1, 0.15) is 17.7 Å². The second kappa shape index (κ2) is 10.4. The van der Waals surface area contributed by atoms with E-state index >= 15 is 0 Å². The lowest BCUT2D eigenvalue weighted by Gasteiger charge is -2.40. The van der Waals surface area contributed by atoms with Crippen LogP contribution in [-0.4, -0.2) is 69.5 Å². The molecule has 1 saturated heterocycles. The number of hydrogen-bond acceptors (Lipinski definition) is 7. The molecule has 0 bridgehead atoms. The molecule has 44 heavy (non-hydrogen) atoms. The van der Waals surface area contributed by atoms with E-state index in [2.05, 4.69) is 35.0 Å². The zero-order valence-electron chi connectivity index (χ0n) is 25.9. The molecule has 4 heterocycles. The minimum Gasteiger partial charge on any atom is -0.444 e. The second-order valence-corrected chi connectivity index (χ2v) is 13.7. The molecule has 1 aliphatic carbocycles. The van der Waals surface area contributed by atoms with E-state index in [1.165, 1.54) is 16.0 Å². The van der Waals surface area contributed by atoms with Crippen molar-refractivity contribution < 1.29 is 19.1 Å². The number of anilines is 2. The fourth-order valence-electron chi connectivity index (χ4n) is 7.45. The van der Waals surface area contributed by atoms with Crippen molar-refractivity contribution in [2.45, 2.75) is 76.7 Å². The maximum atomic E-state index is 13.0. The van der Waals surface area contributed by atoms with Gasteiger partial charge in [-0.3, -0.25) is 14.5 Å². The third kappa shape index (κ3) is 4.73. The molecule has 4 aliphatic rings.